The fourth-order valence-corrected chi connectivity index (χ4v) is 2.50. The molecular weight excluding hydrogens is 262 g/mol. The Kier molecular flexibility index (Phi) is 4.68. The van der Waals surface area contributed by atoms with E-state index in [0.717, 1.165) is 36.6 Å². The van der Waals surface area contributed by atoms with Crippen LogP contribution in [0.1, 0.15) is 23.5 Å². The van der Waals surface area contributed by atoms with E-state index >= 15 is 0 Å². The zero-order valence-electron chi connectivity index (χ0n) is 10.9. The fourth-order valence-electron chi connectivity index (χ4n) is 1.92. The summed E-state index contributed by atoms with van der Waals surface area (Å²) in [7, 11) is 0. The van der Waals surface area contributed by atoms with Crippen molar-refractivity contribution in [1.29, 1.82) is 0 Å². The van der Waals surface area contributed by atoms with Crippen molar-refractivity contribution in [2.75, 3.05) is 19.6 Å². The molecule has 1 aliphatic heterocycles. The van der Waals surface area contributed by atoms with Gasteiger partial charge in [-0.1, -0.05) is 0 Å². The predicted molar refractivity (Wildman–Crippen MR) is 74.7 cm³/mol. The van der Waals surface area contributed by atoms with Gasteiger partial charge in [-0.2, -0.15) is 0 Å². The summed E-state index contributed by atoms with van der Waals surface area (Å²) in [6, 6.07) is 0. The smallest absolute Gasteiger partial charge is 0.244 e. The molecule has 0 spiro atoms. The van der Waals surface area contributed by atoms with Crippen LogP contribution in [0.25, 0.3) is 6.08 Å². The predicted octanol–water partition coefficient (Wildman–Crippen LogP) is 1.20. The SMILES string of the molecule is Cc1nc(/C=C/C(=O)NCC(=O)N2CCCC2)cs1. The summed E-state index contributed by atoms with van der Waals surface area (Å²) in [5.74, 6) is -0.276. The molecule has 1 N–H and O–H groups in total. The van der Waals surface area contributed by atoms with E-state index in [-0.39, 0.29) is 18.4 Å². The number of carbonyl (C=O) groups excluding carboxylic acids is 2. The highest BCUT2D eigenvalue weighted by molar-refractivity contribution is 7.09. The maximum absolute atomic E-state index is 11.7. The van der Waals surface area contributed by atoms with Crippen molar-refractivity contribution in [2.24, 2.45) is 0 Å². The third-order valence-electron chi connectivity index (χ3n) is 2.91. The summed E-state index contributed by atoms with van der Waals surface area (Å²) in [6.45, 7) is 3.60. The number of carbonyl (C=O) groups is 2. The summed E-state index contributed by atoms with van der Waals surface area (Å²) in [5.41, 5.74) is 0.767. The van der Waals surface area contributed by atoms with Gasteiger partial charge in [0.25, 0.3) is 0 Å². The summed E-state index contributed by atoms with van der Waals surface area (Å²) >= 11 is 1.54. The van der Waals surface area contributed by atoms with E-state index in [1.54, 1.807) is 11.0 Å². The van der Waals surface area contributed by atoms with Crippen LogP contribution in [0.3, 0.4) is 0 Å². The Hall–Kier alpha value is -1.69. The number of aryl methyl sites for hydroxylation is 1. The van der Waals surface area contributed by atoms with E-state index in [2.05, 4.69) is 10.3 Å². The minimum atomic E-state index is -0.266. The molecule has 2 rings (SSSR count). The van der Waals surface area contributed by atoms with Gasteiger partial charge in [0.2, 0.25) is 11.8 Å². The van der Waals surface area contributed by atoms with Crippen LogP contribution in [0.5, 0.6) is 0 Å². The van der Waals surface area contributed by atoms with Gasteiger partial charge in [-0.15, -0.1) is 11.3 Å². The average molecular weight is 279 g/mol. The average Bonchev–Trinajstić information content (AvgIpc) is 3.04. The first-order valence-electron chi connectivity index (χ1n) is 6.31. The monoisotopic (exact) mass is 279 g/mol. The van der Waals surface area contributed by atoms with Crippen molar-refractivity contribution in [2.45, 2.75) is 19.8 Å². The zero-order chi connectivity index (χ0) is 13.7. The Morgan fingerprint density at radius 2 is 2.21 bits per heavy atom. The van der Waals surface area contributed by atoms with Crippen molar-refractivity contribution in [1.82, 2.24) is 15.2 Å². The minimum absolute atomic E-state index is 0.0104. The third kappa shape index (κ3) is 4.17. The van der Waals surface area contributed by atoms with E-state index in [4.69, 9.17) is 0 Å². The lowest BCUT2D eigenvalue weighted by atomic mass is 10.4. The van der Waals surface area contributed by atoms with Crippen LogP contribution in [0.4, 0.5) is 0 Å². The van der Waals surface area contributed by atoms with Gasteiger partial charge >= 0.3 is 0 Å². The van der Waals surface area contributed by atoms with Gasteiger partial charge in [-0.05, 0) is 25.8 Å². The lowest BCUT2D eigenvalue weighted by Gasteiger charge is -2.14. The topological polar surface area (TPSA) is 62.3 Å². The van der Waals surface area contributed by atoms with E-state index in [0.29, 0.717) is 0 Å². The number of nitrogens with one attached hydrogen (secondary N) is 1. The van der Waals surface area contributed by atoms with Crippen LogP contribution in [0.15, 0.2) is 11.5 Å². The number of hydrogen-bond acceptors (Lipinski definition) is 4. The lowest BCUT2D eigenvalue weighted by molar-refractivity contribution is -0.131. The van der Waals surface area contributed by atoms with Crippen LogP contribution >= 0.6 is 11.3 Å². The Balaban J connectivity index is 1.75. The lowest BCUT2D eigenvalue weighted by Crippen LogP contribution is -2.38. The van der Waals surface area contributed by atoms with Gasteiger partial charge in [0, 0.05) is 24.5 Å². The number of amides is 2. The van der Waals surface area contributed by atoms with Crippen molar-refractivity contribution >= 4 is 29.2 Å². The highest BCUT2D eigenvalue weighted by atomic mass is 32.1. The molecular formula is C13H17N3O2S. The highest BCUT2D eigenvalue weighted by Gasteiger charge is 2.17. The highest BCUT2D eigenvalue weighted by Crippen LogP contribution is 2.09. The quantitative estimate of drug-likeness (QED) is 0.843. The molecule has 0 saturated carbocycles. The maximum atomic E-state index is 11.7. The first-order chi connectivity index (χ1) is 9.15. The molecule has 0 bridgehead atoms. The first-order valence-corrected chi connectivity index (χ1v) is 7.19. The van der Waals surface area contributed by atoms with Crippen molar-refractivity contribution in [3.63, 3.8) is 0 Å². The third-order valence-corrected chi connectivity index (χ3v) is 3.71. The second-order valence-corrected chi connectivity index (χ2v) is 5.49. The van der Waals surface area contributed by atoms with Gasteiger partial charge in [-0.25, -0.2) is 4.98 Å². The van der Waals surface area contributed by atoms with E-state index in [1.165, 1.54) is 17.4 Å². The second kappa shape index (κ2) is 6.47. The molecule has 102 valence electrons. The molecule has 0 unspecified atom stereocenters. The molecule has 0 aromatic carbocycles. The van der Waals surface area contributed by atoms with Crippen molar-refractivity contribution < 1.29 is 9.59 Å². The summed E-state index contributed by atoms with van der Waals surface area (Å²) in [5, 5.41) is 5.44. The molecule has 1 aromatic rings. The molecule has 2 amide bonds. The summed E-state index contributed by atoms with van der Waals surface area (Å²) < 4.78 is 0. The van der Waals surface area contributed by atoms with E-state index < -0.39 is 0 Å². The van der Waals surface area contributed by atoms with Crippen LogP contribution in [0, 0.1) is 6.92 Å². The number of aromatic nitrogens is 1. The number of rotatable bonds is 4. The minimum Gasteiger partial charge on any atom is -0.343 e. The van der Waals surface area contributed by atoms with Gasteiger partial charge in [0.15, 0.2) is 0 Å². The number of thiazole rings is 1. The molecule has 1 aliphatic rings. The molecule has 1 fully saturated rings. The van der Waals surface area contributed by atoms with Gasteiger partial charge < -0.3 is 10.2 Å². The summed E-state index contributed by atoms with van der Waals surface area (Å²) in [6.07, 6.45) is 5.18. The first kappa shape index (κ1) is 13.7. The Morgan fingerprint density at radius 1 is 1.47 bits per heavy atom. The number of nitrogens with zero attached hydrogens (tertiary/aromatic N) is 2. The van der Waals surface area contributed by atoms with E-state index in [9.17, 15) is 9.59 Å². The molecule has 0 atom stereocenters. The summed E-state index contributed by atoms with van der Waals surface area (Å²) in [4.78, 5) is 29.3. The Labute approximate surface area is 116 Å². The molecule has 0 aliphatic carbocycles. The Morgan fingerprint density at radius 3 is 2.84 bits per heavy atom. The molecule has 5 nitrogen and oxygen atoms in total. The van der Waals surface area contributed by atoms with Crippen LogP contribution in [-0.2, 0) is 9.59 Å². The van der Waals surface area contributed by atoms with Crippen LogP contribution in [0.2, 0.25) is 0 Å². The normalized spacial score (nSPS) is 15.1. The molecule has 1 aromatic heterocycles. The van der Waals surface area contributed by atoms with Gasteiger partial charge in [-0.3, -0.25) is 9.59 Å². The van der Waals surface area contributed by atoms with Gasteiger partial charge in [0.05, 0.1) is 17.2 Å². The molecule has 6 heteroatoms. The Bertz CT molecular complexity index is 490. The second-order valence-electron chi connectivity index (χ2n) is 4.43. The maximum Gasteiger partial charge on any atom is 0.244 e. The standard InChI is InChI=1S/C13H17N3O2S/c1-10-15-11(9-19-10)4-5-12(17)14-8-13(18)16-6-2-3-7-16/h4-5,9H,2-3,6-8H2,1H3,(H,14,17)/b5-4+. The van der Waals surface area contributed by atoms with Gasteiger partial charge in [0.1, 0.15) is 0 Å². The fraction of sp³-hybridized carbons (Fsp3) is 0.462. The molecule has 1 saturated heterocycles. The van der Waals surface area contributed by atoms with Crippen molar-refractivity contribution in [3.05, 3.63) is 22.2 Å². The number of likely N-dealkylation sites (tertiary alicyclic amines) is 1. The molecule has 2 heterocycles. The molecule has 19 heavy (non-hydrogen) atoms. The zero-order valence-corrected chi connectivity index (χ0v) is 11.7. The van der Waals surface area contributed by atoms with Crippen LogP contribution < -0.4 is 5.32 Å². The largest absolute Gasteiger partial charge is 0.343 e. The number of hydrogen-bond donors (Lipinski definition) is 1. The molecule has 0 radical (unpaired) electrons. The van der Waals surface area contributed by atoms with Crippen LogP contribution in [-0.4, -0.2) is 41.3 Å². The van der Waals surface area contributed by atoms with E-state index in [1.807, 2.05) is 12.3 Å². The van der Waals surface area contributed by atoms with Crippen molar-refractivity contribution in [3.8, 4) is 0 Å².